The Bertz CT molecular complexity index is 633. The van der Waals surface area contributed by atoms with E-state index in [4.69, 9.17) is 0 Å². The largest absolute Gasteiger partial charge is 0.276 e. The van der Waals surface area contributed by atoms with Gasteiger partial charge in [-0.2, -0.15) is 13.5 Å². The zero-order valence-electron chi connectivity index (χ0n) is 13.8. The molecule has 1 aromatic rings. The van der Waals surface area contributed by atoms with Gasteiger partial charge in [-0.15, -0.1) is 0 Å². The third-order valence-electron chi connectivity index (χ3n) is 4.40. The molecule has 0 heterocycles. The molecule has 122 valence electrons. The van der Waals surface area contributed by atoms with Crippen molar-refractivity contribution in [3.63, 3.8) is 0 Å². The molecule has 0 radical (unpaired) electrons. The van der Waals surface area contributed by atoms with Crippen LogP contribution in [-0.2, 0) is 10.0 Å². The highest BCUT2D eigenvalue weighted by molar-refractivity contribution is 7.89. The summed E-state index contributed by atoms with van der Waals surface area (Å²) in [7, 11) is -3.58. The summed E-state index contributed by atoms with van der Waals surface area (Å²) < 4.78 is 24.7. The van der Waals surface area contributed by atoms with Gasteiger partial charge in [0.2, 0.25) is 0 Å². The Labute approximate surface area is 134 Å². The van der Waals surface area contributed by atoms with Crippen LogP contribution >= 0.6 is 0 Å². The van der Waals surface area contributed by atoms with Crippen LogP contribution in [-0.4, -0.2) is 14.1 Å². The van der Waals surface area contributed by atoms with Crippen LogP contribution in [0.4, 0.5) is 0 Å². The average Bonchev–Trinajstić information content (AvgIpc) is 2.45. The number of sulfonamides is 1. The minimum Gasteiger partial charge on any atom is -0.200 e. The predicted octanol–water partition coefficient (Wildman–Crippen LogP) is 3.72. The normalized spacial score (nSPS) is 24.7. The van der Waals surface area contributed by atoms with E-state index in [1.165, 1.54) is 6.42 Å². The third kappa shape index (κ3) is 4.09. The molecule has 0 saturated heterocycles. The molecule has 1 aliphatic carbocycles. The fraction of sp³-hybridized carbons (Fsp3) is 0.588. The first kappa shape index (κ1) is 17.0. The smallest absolute Gasteiger partial charge is 0.200 e. The van der Waals surface area contributed by atoms with Gasteiger partial charge in [0.1, 0.15) is 0 Å². The lowest BCUT2D eigenvalue weighted by Crippen LogP contribution is -2.31. The number of benzene rings is 1. The SMILES string of the molecule is Cc1ccc(S(=O)(=O)N/N=C2/C[C@@H](C)CC[C@@H]2C(C)C)cc1. The lowest BCUT2D eigenvalue weighted by molar-refractivity contribution is 0.363. The zero-order chi connectivity index (χ0) is 16.3. The molecular weight excluding hydrogens is 296 g/mol. The Hall–Kier alpha value is -1.36. The van der Waals surface area contributed by atoms with Crippen LogP contribution in [0.2, 0.25) is 0 Å². The monoisotopic (exact) mass is 322 g/mol. The Morgan fingerprint density at radius 1 is 1.18 bits per heavy atom. The van der Waals surface area contributed by atoms with Crippen molar-refractivity contribution in [2.75, 3.05) is 0 Å². The number of nitrogens with one attached hydrogen (secondary N) is 1. The summed E-state index contributed by atoms with van der Waals surface area (Å²) in [6.45, 7) is 8.47. The molecule has 2 rings (SSSR count). The molecule has 1 N–H and O–H groups in total. The number of nitrogens with zero attached hydrogens (tertiary/aromatic N) is 1. The van der Waals surface area contributed by atoms with Crippen molar-refractivity contribution in [3.05, 3.63) is 29.8 Å². The highest BCUT2D eigenvalue weighted by Gasteiger charge is 2.27. The topological polar surface area (TPSA) is 58.5 Å². The summed E-state index contributed by atoms with van der Waals surface area (Å²) in [5, 5.41) is 4.29. The highest BCUT2D eigenvalue weighted by atomic mass is 32.2. The summed E-state index contributed by atoms with van der Waals surface area (Å²) in [5.74, 6) is 1.42. The van der Waals surface area contributed by atoms with Gasteiger partial charge in [-0.05, 0) is 50.2 Å². The zero-order valence-corrected chi connectivity index (χ0v) is 14.7. The van der Waals surface area contributed by atoms with Crippen molar-refractivity contribution in [2.24, 2.45) is 22.9 Å². The summed E-state index contributed by atoms with van der Waals surface area (Å²) >= 11 is 0. The van der Waals surface area contributed by atoms with Crippen molar-refractivity contribution in [2.45, 2.75) is 51.9 Å². The van der Waals surface area contributed by atoms with Gasteiger partial charge in [0.05, 0.1) is 4.90 Å². The van der Waals surface area contributed by atoms with Gasteiger partial charge < -0.3 is 0 Å². The molecular formula is C17H26N2O2S. The average molecular weight is 322 g/mol. The van der Waals surface area contributed by atoms with E-state index in [9.17, 15) is 8.42 Å². The fourth-order valence-electron chi connectivity index (χ4n) is 2.98. The lowest BCUT2D eigenvalue weighted by Gasteiger charge is -2.30. The van der Waals surface area contributed by atoms with E-state index in [2.05, 4.69) is 30.7 Å². The first-order valence-electron chi connectivity index (χ1n) is 7.94. The highest BCUT2D eigenvalue weighted by Crippen LogP contribution is 2.31. The predicted molar refractivity (Wildman–Crippen MR) is 90.3 cm³/mol. The molecule has 0 aromatic heterocycles. The van der Waals surface area contributed by atoms with Crippen molar-refractivity contribution in [1.29, 1.82) is 0 Å². The van der Waals surface area contributed by atoms with Crippen molar-refractivity contribution in [1.82, 2.24) is 4.83 Å². The maximum Gasteiger partial charge on any atom is 0.276 e. The van der Waals surface area contributed by atoms with E-state index in [1.54, 1.807) is 24.3 Å². The molecule has 5 heteroatoms. The maximum absolute atomic E-state index is 12.3. The second kappa shape index (κ2) is 6.82. The summed E-state index contributed by atoms with van der Waals surface area (Å²) in [6, 6.07) is 6.81. The van der Waals surface area contributed by atoms with E-state index < -0.39 is 10.0 Å². The number of hydrogen-bond donors (Lipinski definition) is 1. The maximum atomic E-state index is 12.3. The Morgan fingerprint density at radius 2 is 1.82 bits per heavy atom. The van der Waals surface area contributed by atoms with Gasteiger partial charge >= 0.3 is 0 Å². The van der Waals surface area contributed by atoms with E-state index in [-0.39, 0.29) is 4.90 Å². The second-order valence-electron chi connectivity index (χ2n) is 6.75. The van der Waals surface area contributed by atoms with Crippen LogP contribution < -0.4 is 4.83 Å². The van der Waals surface area contributed by atoms with Crippen LogP contribution in [0.25, 0.3) is 0 Å². The Morgan fingerprint density at radius 3 is 2.41 bits per heavy atom. The number of hydrazone groups is 1. The van der Waals surface area contributed by atoms with Crippen LogP contribution in [0.15, 0.2) is 34.3 Å². The molecule has 1 aliphatic rings. The van der Waals surface area contributed by atoms with E-state index in [0.29, 0.717) is 17.8 Å². The van der Waals surface area contributed by atoms with Crippen LogP contribution in [0, 0.1) is 24.7 Å². The van der Waals surface area contributed by atoms with Crippen LogP contribution in [0.5, 0.6) is 0 Å². The Balaban J connectivity index is 2.19. The third-order valence-corrected chi connectivity index (χ3v) is 5.63. The summed E-state index contributed by atoms with van der Waals surface area (Å²) in [4.78, 5) is 2.69. The first-order chi connectivity index (χ1) is 10.3. The molecule has 0 spiro atoms. The van der Waals surface area contributed by atoms with Gasteiger partial charge in [-0.3, -0.25) is 0 Å². The van der Waals surface area contributed by atoms with Gasteiger partial charge in [-0.1, -0.05) is 38.5 Å². The molecule has 1 saturated carbocycles. The minimum atomic E-state index is -3.58. The van der Waals surface area contributed by atoms with Crippen molar-refractivity contribution >= 4 is 15.7 Å². The molecule has 0 amide bonds. The van der Waals surface area contributed by atoms with Gasteiger partial charge in [-0.25, -0.2) is 4.83 Å². The molecule has 2 atom stereocenters. The van der Waals surface area contributed by atoms with E-state index >= 15 is 0 Å². The van der Waals surface area contributed by atoms with Crippen LogP contribution in [0.1, 0.15) is 45.6 Å². The van der Waals surface area contributed by atoms with Gasteiger partial charge in [0, 0.05) is 11.6 Å². The number of rotatable bonds is 4. The number of hydrogen-bond acceptors (Lipinski definition) is 3. The molecule has 1 aromatic carbocycles. The minimum absolute atomic E-state index is 0.257. The quantitative estimate of drug-likeness (QED) is 0.859. The summed E-state index contributed by atoms with van der Waals surface area (Å²) in [6.07, 6.45) is 3.15. The van der Waals surface area contributed by atoms with Crippen molar-refractivity contribution in [3.8, 4) is 0 Å². The lowest BCUT2D eigenvalue weighted by atomic mass is 9.76. The summed E-state index contributed by atoms with van der Waals surface area (Å²) in [5.41, 5.74) is 2.02. The second-order valence-corrected chi connectivity index (χ2v) is 8.41. The van der Waals surface area contributed by atoms with Gasteiger partial charge in [0.25, 0.3) is 10.0 Å². The molecule has 4 nitrogen and oxygen atoms in total. The van der Waals surface area contributed by atoms with Gasteiger partial charge in [0.15, 0.2) is 0 Å². The molecule has 1 fully saturated rings. The molecule has 0 unspecified atom stereocenters. The fourth-order valence-corrected chi connectivity index (χ4v) is 3.81. The van der Waals surface area contributed by atoms with Crippen molar-refractivity contribution < 1.29 is 8.42 Å². The molecule has 0 bridgehead atoms. The first-order valence-corrected chi connectivity index (χ1v) is 9.43. The Kier molecular flexibility index (Phi) is 5.27. The molecule has 0 aliphatic heterocycles. The van der Waals surface area contributed by atoms with E-state index in [0.717, 1.165) is 24.1 Å². The standard InChI is InChI=1S/C17H26N2O2S/c1-12(2)16-10-7-14(4)11-17(16)18-19-22(20,21)15-8-5-13(3)6-9-15/h5-6,8-9,12,14,16,19H,7,10-11H2,1-4H3/b18-17-/t14-,16+/m0/s1. The number of aryl methyl sites for hydroxylation is 1. The molecule has 22 heavy (non-hydrogen) atoms. The van der Waals surface area contributed by atoms with E-state index in [1.807, 2.05) is 6.92 Å². The van der Waals surface area contributed by atoms with Crippen LogP contribution in [0.3, 0.4) is 0 Å².